The van der Waals surface area contributed by atoms with E-state index in [2.05, 4.69) is 55.9 Å². The monoisotopic (exact) mass is 333 g/mol. The van der Waals surface area contributed by atoms with Crippen LogP contribution in [0.5, 0.6) is 0 Å². The molecule has 0 amide bonds. The lowest BCUT2D eigenvalue weighted by atomic mass is 9.96. The van der Waals surface area contributed by atoms with Crippen molar-refractivity contribution in [1.82, 2.24) is 9.55 Å². The van der Waals surface area contributed by atoms with Gasteiger partial charge in [-0.3, -0.25) is 4.57 Å². The molecule has 20 heavy (non-hydrogen) atoms. The zero-order valence-corrected chi connectivity index (χ0v) is 13.4. The van der Waals surface area contributed by atoms with E-state index in [4.69, 9.17) is 0 Å². The zero-order chi connectivity index (χ0) is 13.9. The summed E-state index contributed by atoms with van der Waals surface area (Å²) in [6.07, 6.45) is 10.4. The summed E-state index contributed by atoms with van der Waals surface area (Å²) in [5.41, 5.74) is 2.42. The van der Waals surface area contributed by atoms with E-state index in [0.717, 1.165) is 10.4 Å². The molecule has 0 unspecified atom stereocenters. The average Bonchev–Trinajstić information content (AvgIpc) is 2.88. The molecule has 3 nitrogen and oxygen atoms in total. The Labute approximate surface area is 128 Å². The van der Waals surface area contributed by atoms with Gasteiger partial charge in [0.2, 0.25) is 5.95 Å². The van der Waals surface area contributed by atoms with Gasteiger partial charge in [-0.25, -0.2) is 4.98 Å². The number of hydrogen-bond donors (Lipinski definition) is 1. The number of aryl methyl sites for hydroxylation is 1. The molecule has 1 aromatic heterocycles. The summed E-state index contributed by atoms with van der Waals surface area (Å²) in [6.45, 7) is 2.13. The molecule has 3 rings (SSSR count). The van der Waals surface area contributed by atoms with Crippen LogP contribution in [0, 0.1) is 6.92 Å². The van der Waals surface area contributed by atoms with Crippen molar-refractivity contribution in [3.8, 4) is 5.69 Å². The van der Waals surface area contributed by atoms with Crippen LogP contribution in [0.1, 0.15) is 37.7 Å². The Kier molecular flexibility index (Phi) is 4.10. The van der Waals surface area contributed by atoms with Crippen molar-refractivity contribution < 1.29 is 0 Å². The van der Waals surface area contributed by atoms with E-state index >= 15 is 0 Å². The van der Waals surface area contributed by atoms with Crippen molar-refractivity contribution in [3.05, 3.63) is 40.6 Å². The Bertz CT molecular complexity index is 585. The minimum Gasteiger partial charge on any atom is -0.353 e. The first kappa shape index (κ1) is 13.7. The molecule has 1 aliphatic carbocycles. The average molecular weight is 334 g/mol. The van der Waals surface area contributed by atoms with Crippen molar-refractivity contribution in [1.29, 1.82) is 0 Å². The highest BCUT2D eigenvalue weighted by Crippen LogP contribution is 2.25. The third-order valence-corrected chi connectivity index (χ3v) is 4.49. The topological polar surface area (TPSA) is 29.9 Å². The summed E-state index contributed by atoms with van der Waals surface area (Å²) in [5.74, 6) is 0.960. The molecular formula is C16H20BrN3. The maximum atomic E-state index is 4.49. The number of hydrogen-bond acceptors (Lipinski definition) is 2. The molecule has 1 saturated carbocycles. The highest BCUT2D eigenvalue weighted by Gasteiger charge is 2.16. The maximum absolute atomic E-state index is 4.49. The molecule has 106 valence electrons. The summed E-state index contributed by atoms with van der Waals surface area (Å²) in [7, 11) is 0. The second kappa shape index (κ2) is 6.00. The van der Waals surface area contributed by atoms with Gasteiger partial charge in [0.25, 0.3) is 0 Å². The van der Waals surface area contributed by atoms with Crippen LogP contribution < -0.4 is 5.32 Å². The lowest BCUT2D eigenvalue weighted by molar-refractivity contribution is 0.460. The summed E-state index contributed by atoms with van der Waals surface area (Å²) in [5, 5.41) is 3.61. The van der Waals surface area contributed by atoms with Crippen LogP contribution in [0.4, 0.5) is 5.95 Å². The Morgan fingerprint density at radius 3 is 2.80 bits per heavy atom. The van der Waals surface area contributed by atoms with Crippen molar-refractivity contribution in [2.24, 2.45) is 0 Å². The van der Waals surface area contributed by atoms with Crippen LogP contribution in [0.25, 0.3) is 5.69 Å². The molecule has 4 heteroatoms. The third kappa shape index (κ3) is 2.90. The summed E-state index contributed by atoms with van der Waals surface area (Å²) < 4.78 is 3.26. The van der Waals surface area contributed by atoms with Crippen LogP contribution in [-0.2, 0) is 0 Å². The van der Waals surface area contributed by atoms with Gasteiger partial charge in [-0.1, -0.05) is 35.2 Å². The Balaban J connectivity index is 1.85. The molecule has 0 spiro atoms. The van der Waals surface area contributed by atoms with Crippen molar-refractivity contribution in [3.63, 3.8) is 0 Å². The first-order valence-electron chi connectivity index (χ1n) is 7.30. The van der Waals surface area contributed by atoms with Crippen LogP contribution in [0.3, 0.4) is 0 Å². The van der Waals surface area contributed by atoms with Crippen LogP contribution >= 0.6 is 15.9 Å². The van der Waals surface area contributed by atoms with Crippen molar-refractivity contribution in [2.45, 2.75) is 45.1 Å². The lowest BCUT2D eigenvalue weighted by Gasteiger charge is -2.24. The molecule has 1 aromatic carbocycles. The minimum absolute atomic E-state index is 0.570. The number of nitrogens with zero attached hydrogens (tertiary/aromatic N) is 2. The number of nitrogens with one attached hydrogen (secondary N) is 1. The fourth-order valence-electron chi connectivity index (χ4n) is 2.92. The summed E-state index contributed by atoms with van der Waals surface area (Å²) in [6, 6.07) is 6.92. The Morgan fingerprint density at radius 1 is 1.25 bits per heavy atom. The molecule has 0 atom stereocenters. The highest BCUT2D eigenvalue weighted by molar-refractivity contribution is 9.10. The largest absolute Gasteiger partial charge is 0.353 e. The standard InChI is InChI=1S/C16H20BrN3/c1-12-11-13(17)7-8-15(12)20-10-9-18-16(20)19-14-5-3-2-4-6-14/h7-11,14H,2-6H2,1H3,(H,18,19). The molecule has 1 aliphatic rings. The molecule has 0 bridgehead atoms. The van der Waals surface area contributed by atoms with Crippen molar-refractivity contribution in [2.75, 3.05) is 5.32 Å². The summed E-state index contributed by atoms with van der Waals surface area (Å²) in [4.78, 5) is 4.49. The predicted octanol–water partition coefficient (Wildman–Crippen LogP) is 4.69. The zero-order valence-electron chi connectivity index (χ0n) is 11.8. The quantitative estimate of drug-likeness (QED) is 0.883. The van der Waals surface area contributed by atoms with Gasteiger partial charge in [-0.15, -0.1) is 0 Å². The lowest BCUT2D eigenvalue weighted by Crippen LogP contribution is -2.24. The van der Waals surface area contributed by atoms with E-state index in [9.17, 15) is 0 Å². The fourth-order valence-corrected chi connectivity index (χ4v) is 3.40. The maximum Gasteiger partial charge on any atom is 0.207 e. The first-order chi connectivity index (χ1) is 9.74. The van der Waals surface area contributed by atoms with Gasteiger partial charge in [-0.05, 0) is 43.5 Å². The van der Waals surface area contributed by atoms with Crippen molar-refractivity contribution >= 4 is 21.9 Å². The Hall–Kier alpha value is -1.29. The number of benzene rings is 1. The predicted molar refractivity (Wildman–Crippen MR) is 86.5 cm³/mol. The Morgan fingerprint density at radius 2 is 2.05 bits per heavy atom. The van der Waals surface area contributed by atoms with E-state index in [1.165, 1.54) is 43.4 Å². The van der Waals surface area contributed by atoms with Gasteiger partial charge < -0.3 is 5.32 Å². The molecular weight excluding hydrogens is 314 g/mol. The van der Waals surface area contributed by atoms with Crippen LogP contribution in [0.2, 0.25) is 0 Å². The SMILES string of the molecule is Cc1cc(Br)ccc1-n1ccnc1NC1CCCCC1. The van der Waals surface area contributed by atoms with E-state index in [0.29, 0.717) is 6.04 Å². The number of anilines is 1. The highest BCUT2D eigenvalue weighted by atomic mass is 79.9. The second-order valence-electron chi connectivity index (χ2n) is 5.53. The molecule has 1 N–H and O–H groups in total. The molecule has 0 saturated heterocycles. The molecule has 0 aliphatic heterocycles. The summed E-state index contributed by atoms with van der Waals surface area (Å²) >= 11 is 3.52. The van der Waals surface area contributed by atoms with E-state index in [1.54, 1.807) is 0 Å². The van der Waals surface area contributed by atoms with Gasteiger partial charge in [-0.2, -0.15) is 0 Å². The molecule has 2 aromatic rings. The minimum atomic E-state index is 0.570. The smallest absolute Gasteiger partial charge is 0.207 e. The molecule has 1 fully saturated rings. The van der Waals surface area contributed by atoms with Gasteiger partial charge in [0, 0.05) is 22.9 Å². The first-order valence-corrected chi connectivity index (χ1v) is 8.10. The number of halogens is 1. The van der Waals surface area contributed by atoms with Gasteiger partial charge >= 0.3 is 0 Å². The van der Waals surface area contributed by atoms with Gasteiger partial charge in [0.1, 0.15) is 0 Å². The van der Waals surface area contributed by atoms with E-state index in [1.807, 2.05) is 12.4 Å². The number of rotatable bonds is 3. The number of imidazole rings is 1. The van der Waals surface area contributed by atoms with Crippen LogP contribution in [-0.4, -0.2) is 15.6 Å². The van der Waals surface area contributed by atoms with Gasteiger partial charge in [0.05, 0.1) is 5.69 Å². The van der Waals surface area contributed by atoms with E-state index in [-0.39, 0.29) is 0 Å². The molecule has 1 heterocycles. The van der Waals surface area contributed by atoms with E-state index < -0.39 is 0 Å². The third-order valence-electron chi connectivity index (χ3n) is 4.00. The number of aromatic nitrogens is 2. The fraction of sp³-hybridized carbons (Fsp3) is 0.438. The van der Waals surface area contributed by atoms with Crippen LogP contribution in [0.15, 0.2) is 35.1 Å². The molecule has 0 radical (unpaired) electrons. The second-order valence-corrected chi connectivity index (χ2v) is 6.45. The van der Waals surface area contributed by atoms with Gasteiger partial charge in [0.15, 0.2) is 0 Å². The normalized spacial score (nSPS) is 16.3.